The Hall–Kier alpha value is -3.14. The molecule has 4 aromatic rings. The van der Waals surface area contributed by atoms with Crippen LogP contribution in [-0.4, -0.2) is 15.0 Å². The highest BCUT2D eigenvalue weighted by molar-refractivity contribution is 5.77. The van der Waals surface area contributed by atoms with Gasteiger partial charge in [0, 0.05) is 5.69 Å². The summed E-state index contributed by atoms with van der Waals surface area (Å²) < 4.78 is 0. The van der Waals surface area contributed by atoms with Crippen molar-refractivity contribution in [2.45, 2.75) is 0 Å². The second-order valence-corrected chi connectivity index (χ2v) is 5.08. The molecule has 0 saturated carbocycles. The fraction of sp³-hybridized carbons (Fsp3) is 0. The van der Waals surface area contributed by atoms with Crippen molar-refractivity contribution in [3.05, 3.63) is 77.1 Å². The molecular formula is C18H13N3O. The number of benzene rings is 2. The normalized spacial score (nSPS) is 10.9. The van der Waals surface area contributed by atoms with E-state index in [1.54, 1.807) is 0 Å². The van der Waals surface area contributed by atoms with Crippen LogP contribution in [-0.2, 0) is 0 Å². The zero-order valence-electron chi connectivity index (χ0n) is 11.7. The Morgan fingerprint density at radius 3 is 2.32 bits per heavy atom. The van der Waals surface area contributed by atoms with Crippen LogP contribution in [0.5, 0.6) is 0 Å². The molecule has 0 aliphatic heterocycles. The van der Waals surface area contributed by atoms with E-state index in [9.17, 15) is 4.79 Å². The van der Waals surface area contributed by atoms with Gasteiger partial charge < -0.3 is 9.97 Å². The van der Waals surface area contributed by atoms with Crippen molar-refractivity contribution in [1.29, 1.82) is 0 Å². The van der Waals surface area contributed by atoms with Crippen molar-refractivity contribution in [3.8, 4) is 22.6 Å². The lowest BCUT2D eigenvalue weighted by atomic mass is 10.2. The SMILES string of the molecule is O=c1[nH]c2ccccc2nc1-c1ccc(-c2ccccc2)[nH]1. The van der Waals surface area contributed by atoms with Crippen LogP contribution in [0.4, 0.5) is 0 Å². The van der Waals surface area contributed by atoms with Crippen LogP contribution in [0.25, 0.3) is 33.7 Å². The molecule has 0 amide bonds. The average Bonchev–Trinajstić information content (AvgIpc) is 3.05. The second kappa shape index (κ2) is 5.00. The highest BCUT2D eigenvalue weighted by atomic mass is 16.1. The third-order valence-electron chi connectivity index (χ3n) is 3.63. The summed E-state index contributed by atoms with van der Waals surface area (Å²) in [5.74, 6) is 0. The summed E-state index contributed by atoms with van der Waals surface area (Å²) in [6.07, 6.45) is 0. The first-order valence-corrected chi connectivity index (χ1v) is 7.05. The van der Waals surface area contributed by atoms with E-state index in [1.807, 2.05) is 66.7 Å². The highest BCUT2D eigenvalue weighted by Gasteiger charge is 2.10. The summed E-state index contributed by atoms with van der Waals surface area (Å²) in [5.41, 5.74) is 4.47. The van der Waals surface area contributed by atoms with Crippen molar-refractivity contribution in [2.75, 3.05) is 0 Å². The van der Waals surface area contributed by atoms with Crippen molar-refractivity contribution in [3.63, 3.8) is 0 Å². The van der Waals surface area contributed by atoms with E-state index >= 15 is 0 Å². The lowest BCUT2D eigenvalue weighted by molar-refractivity contribution is 1.20. The first-order chi connectivity index (χ1) is 10.8. The monoisotopic (exact) mass is 287 g/mol. The maximum absolute atomic E-state index is 12.2. The van der Waals surface area contributed by atoms with Gasteiger partial charge in [-0.2, -0.15) is 0 Å². The molecule has 2 aromatic heterocycles. The topological polar surface area (TPSA) is 61.5 Å². The van der Waals surface area contributed by atoms with Crippen LogP contribution < -0.4 is 5.56 Å². The van der Waals surface area contributed by atoms with Crippen molar-refractivity contribution in [1.82, 2.24) is 15.0 Å². The van der Waals surface area contributed by atoms with Gasteiger partial charge in [-0.05, 0) is 29.8 Å². The number of aromatic amines is 2. The third-order valence-corrected chi connectivity index (χ3v) is 3.63. The summed E-state index contributed by atoms with van der Waals surface area (Å²) in [5, 5.41) is 0. The molecule has 4 heteroatoms. The van der Waals surface area contributed by atoms with E-state index in [0.717, 1.165) is 22.3 Å². The van der Waals surface area contributed by atoms with Gasteiger partial charge in [0.15, 0.2) is 5.69 Å². The number of hydrogen-bond acceptors (Lipinski definition) is 2. The van der Waals surface area contributed by atoms with Gasteiger partial charge in [0.25, 0.3) is 5.56 Å². The van der Waals surface area contributed by atoms with Crippen molar-refractivity contribution in [2.24, 2.45) is 0 Å². The summed E-state index contributed by atoms with van der Waals surface area (Å²) in [4.78, 5) is 22.9. The van der Waals surface area contributed by atoms with Gasteiger partial charge in [-0.1, -0.05) is 42.5 Å². The molecular weight excluding hydrogens is 274 g/mol. The van der Waals surface area contributed by atoms with Gasteiger partial charge in [-0.15, -0.1) is 0 Å². The number of rotatable bonds is 2. The van der Waals surface area contributed by atoms with Crippen LogP contribution in [0.15, 0.2) is 71.5 Å². The van der Waals surface area contributed by atoms with Crippen LogP contribution in [0.2, 0.25) is 0 Å². The van der Waals surface area contributed by atoms with Crippen molar-refractivity contribution >= 4 is 11.0 Å². The lowest BCUT2D eigenvalue weighted by Crippen LogP contribution is -2.11. The van der Waals surface area contributed by atoms with Gasteiger partial charge >= 0.3 is 0 Å². The second-order valence-electron chi connectivity index (χ2n) is 5.08. The smallest absolute Gasteiger partial charge is 0.276 e. The largest absolute Gasteiger partial charge is 0.353 e. The number of aromatic nitrogens is 3. The van der Waals surface area contributed by atoms with E-state index in [2.05, 4.69) is 15.0 Å². The number of nitrogens with zero attached hydrogens (tertiary/aromatic N) is 1. The molecule has 0 unspecified atom stereocenters. The Balaban J connectivity index is 1.84. The maximum Gasteiger partial charge on any atom is 0.276 e. The highest BCUT2D eigenvalue weighted by Crippen LogP contribution is 2.22. The van der Waals surface area contributed by atoms with E-state index in [4.69, 9.17) is 0 Å². The molecule has 2 N–H and O–H groups in total. The number of fused-ring (bicyclic) bond motifs is 1. The average molecular weight is 287 g/mol. The predicted octanol–water partition coefficient (Wildman–Crippen LogP) is 3.59. The standard InChI is InChI=1S/C18H13N3O/c22-18-17(20-14-8-4-5-9-15(14)21-18)16-11-10-13(19-16)12-6-2-1-3-7-12/h1-11,19H,(H,21,22). The minimum atomic E-state index is -0.194. The summed E-state index contributed by atoms with van der Waals surface area (Å²) in [6, 6.07) is 21.3. The summed E-state index contributed by atoms with van der Waals surface area (Å²) >= 11 is 0. The molecule has 106 valence electrons. The van der Waals surface area contributed by atoms with E-state index in [1.165, 1.54) is 0 Å². The van der Waals surface area contributed by atoms with Gasteiger partial charge in [0.1, 0.15) is 0 Å². The van der Waals surface area contributed by atoms with E-state index in [-0.39, 0.29) is 5.56 Å². The summed E-state index contributed by atoms with van der Waals surface area (Å²) in [7, 11) is 0. The number of nitrogens with one attached hydrogen (secondary N) is 2. The number of para-hydroxylation sites is 2. The minimum absolute atomic E-state index is 0.194. The molecule has 2 heterocycles. The minimum Gasteiger partial charge on any atom is -0.353 e. The van der Waals surface area contributed by atoms with Gasteiger partial charge in [0.2, 0.25) is 0 Å². The molecule has 0 fully saturated rings. The van der Waals surface area contributed by atoms with Crippen LogP contribution in [0.1, 0.15) is 0 Å². The Kier molecular flexibility index (Phi) is 2.86. The Bertz CT molecular complexity index is 999. The van der Waals surface area contributed by atoms with Crippen LogP contribution >= 0.6 is 0 Å². The summed E-state index contributed by atoms with van der Waals surface area (Å²) in [6.45, 7) is 0. The molecule has 0 radical (unpaired) electrons. The van der Waals surface area contributed by atoms with E-state index < -0.39 is 0 Å². The molecule has 0 spiro atoms. The van der Waals surface area contributed by atoms with Gasteiger partial charge in [-0.3, -0.25) is 4.79 Å². The molecule has 0 bridgehead atoms. The molecule has 4 rings (SSSR count). The molecule has 0 saturated heterocycles. The van der Waals surface area contributed by atoms with Crippen LogP contribution in [0.3, 0.4) is 0 Å². The first kappa shape index (κ1) is 12.6. The zero-order chi connectivity index (χ0) is 14.9. The number of hydrogen-bond donors (Lipinski definition) is 2. The van der Waals surface area contributed by atoms with E-state index in [0.29, 0.717) is 11.4 Å². The molecule has 2 aromatic carbocycles. The first-order valence-electron chi connectivity index (χ1n) is 7.05. The Morgan fingerprint density at radius 2 is 1.45 bits per heavy atom. The predicted molar refractivity (Wildman–Crippen MR) is 87.6 cm³/mol. The third kappa shape index (κ3) is 2.11. The molecule has 0 aliphatic carbocycles. The molecule has 4 nitrogen and oxygen atoms in total. The van der Waals surface area contributed by atoms with Crippen LogP contribution in [0, 0.1) is 0 Å². The van der Waals surface area contributed by atoms with Gasteiger partial charge in [0.05, 0.1) is 16.7 Å². The lowest BCUT2D eigenvalue weighted by Gasteiger charge is -2.01. The molecule has 22 heavy (non-hydrogen) atoms. The molecule has 0 atom stereocenters. The van der Waals surface area contributed by atoms with Gasteiger partial charge in [-0.25, -0.2) is 4.98 Å². The zero-order valence-corrected chi connectivity index (χ0v) is 11.7. The Morgan fingerprint density at radius 1 is 0.727 bits per heavy atom. The molecule has 0 aliphatic rings. The quantitative estimate of drug-likeness (QED) is 0.592. The fourth-order valence-electron chi connectivity index (χ4n) is 2.53. The Labute approximate surface area is 126 Å². The fourth-order valence-corrected chi connectivity index (χ4v) is 2.53. The maximum atomic E-state index is 12.2. The number of H-pyrrole nitrogens is 2. The van der Waals surface area contributed by atoms with Crippen molar-refractivity contribution < 1.29 is 0 Å².